The number of Topliss-reactive ketones (excluding diaryl/α,β-unsaturated/α-hetero) is 1. The highest BCUT2D eigenvalue weighted by atomic mass is 32.2. The van der Waals surface area contributed by atoms with Crippen LogP contribution in [0.1, 0.15) is 38.4 Å². The zero-order valence-electron chi connectivity index (χ0n) is 15.7. The van der Waals surface area contributed by atoms with Crippen molar-refractivity contribution in [2.45, 2.75) is 36.9 Å². The minimum Gasteiger partial charge on any atom is -0.468 e. The van der Waals surface area contributed by atoms with Gasteiger partial charge in [-0.15, -0.1) is 10.2 Å². The Balaban J connectivity index is 1.97. The fourth-order valence-corrected chi connectivity index (χ4v) is 5.14. The summed E-state index contributed by atoms with van der Waals surface area (Å²) in [4.78, 5) is 15.0. The Hall–Kier alpha value is -2.57. The molecular formula is C19H19N5O2S2. The number of carbonyl (C=O) groups excluding carboxylic acids is 1. The Kier molecular flexibility index (Phi) is 4.56. The third kappa shape index (κ3) is 2.93. The molecule has 0 spiro atoms. The molecule has 2 aliphatic rings. The second kappa shape index (κ2) is 6.79. The first-order valence-corrected chi connectivity index (χ1v) is 10.8. The monoisotopic (exact) mass is 413 g/mol. The Morgan fingerprint density at radius 1 is 1.43 bits per heavy atom. The molecule has 0 bridgehead atoms. The van der Waals surface area contributed by atoms with Gasteiger partial charge in [0, 0.05) is 17.7 Å². The van der Waals surface area contributed by atoms with Crippen molar-refractivity contribution in [1.29, 1.82) is 5.26 Å². The van der Waals surface area contributed by atoms with Gasteiger partial charge in [0.15, 0.2) is 10.1 Å². The summed E-state index contributed by atoms with van der Waals surface area (Å²) >= 11 is 2.87. The summed E-state index contributed by atoms with van der Waals surface area (Å²) in [5, 5.41) is 18.9. The second-order valence-corrected chi connectivity index (χ2v) is 9.56. The van der Waals surface area contributed by atoms with Crippen LogP contribution in [0.4, 0.5) is 5.13 Å². The number of rotatable bonds is 3. The summed E-state index contributed by atoms with van der Waals surface area (Å²) in [6, 6.07) is 5.73. The molecule has 2 N–H and O–H groups in total. The third-order valence-electron chi connectivity index (χ3n) is 4.97. The van der Waals surface area contributed by atoms with E-state index in [1.54, 1.807) is 23.3 Å². The number of hydrogen-bond acceptors (Lipinski definition) is 9. The minimum atomic E-state index is -0.595. The molecule has 0 saturated heterocycles. The topological polar surface area (TPSA) is 109 Å². The van der Waals surface area contributed by atoms with Gasteiger partial charge in [0.1, 0.15) is 11.6 Å². The van der Waals surface area contributed by atoms with Gasteiger partial charge in [-0.1, -0.05) is 36.9 Å². The lowest BCUT2D eigenvalue weighted by Crippen LogP contribution is -2.42. The number of hydrogen-bond donors (Lipinski definition) is 1. The number of thioether (sulfide) groups is 1. The third-order valence-corrected chi connectivity index (χ3v) is 6.85. The van der Waals surface area contributed by atoms with E-state index in [0.29, 0.717) is 34.9 Å². The molecule has 7 nitrogen and oxygen atoms in total. The van der Waals surface area contributed by atoms with Gasteiger partial charge in [-0.2, -0.15) is 5.26 Å². The SMILES string of the molecule is CSc1nnc(N2C(N)=C(C#N)C(c3ccco3)C3=C2CC(C)(C)CC3=O)s1. The van der Waals surface area contributed by atoms with E-state index in [2.05, 4.69) is 30.1 Å². The molecule has 0 amide bonds. The zero-order chi connectivity index (χ0) is 20.1. The lowest BCUT2D eigenvalue weighted by Gasteiger charge is -2.42. The summed E-state index contributed by atoms with van der Waals surface area (Å²) < 4.78 is 6.38. The predicted molar refractivity (Wildman–Crippen MR) is 107 cm³/mol. The Bertz CT molecular complexity index is 1040. The average molecular weight is 414 g/mol. The van der Waals surface area contributed by atoms with Crippen molar-refractivity contribution in [2.24, 2.45) is 11.1 Å². The Labute approximate surface area is 170 Å². The molecule has 28 heavy (non-hydrogen) atoms. The van der Waals surface area contributed by atoms with Crippen molar-refractivity contribution in [2.75, 3.05) is 11.2 Å². The highest BCUT2D eigenvalue weighted by Gasteiger charge is 2.46. The maximum absolute atomic E-state index is 13.2. The lowest BCUT2D eigenvalue weighted by molar-refractivity contribution is -0.118. The van der Waals surface area contributed by atoms with E-state index in [1.807, 2.05) is 6.26 Å². The quantitative estimate of drug-likeness (QED) is 0.757. The van der Waals surface area contributed by atoms with E-state index in [1.165, 1.54) is 23.1 Å². The summed E-state index contributed by atoms with van der Waals surface area (Å²) in [6.07, 6.45) is 4.51. The highest BCUT2D eigenvalue weighted by Crippen LogP contribution is 2.50. The van der Waals surface area contributed by atoms with E-state index in [0.717, 1.165) is 10.0 Å². The van der Waals surface area contributed by atoms with Crippen LogP contribution in [0.5, 0.6) is 0 Å². The molecular weight excluding hydrogens is 394 g/mol. The van der Waals surface area contributed by atoms with Crippen LogP contribution in [0.25, 0.3) is 0 Å². The van der Waals surface area contributed by atoms with Crippen molar-refractivity contribution in [3.8, 4) is 6.07 Å². The second-order valence-electron chi connectivity index (χ2n) is 7.55. The molecule has 1 unspecified atom stereocenters. The molecule has 0 radical (unpaired) electrons. The lowest BCUT2D eigenvalue weighted by atomic mass is 9.69. The minimum absolute atomic E-state index is 0.00695. The maximum Gasteiger partial charge on any atom is 0.219 e. The molecule has 9 heteroatoms. The number of furan rings is 1. The van der Waals surface area contributed by atoms with Crippen molar-refractivity contribution in [1.82, 2.24) is 10.2 Å². The first-order valence-electron chi connectivity index (χ1n) is 8.73. The molecule has 2 aromatic heterocycles. The van der Waals surface area contributed by atoms with Gasteiger partial charge in [-0.25, -0.2) is 0 Å². The van der Waals surface area contributed by atoms with Gasteiger partial charge in [0.2, 0.25) is 5.13 Å². The van der Waals surface area contributed by atoms with Crippen LogP contribution in [0.2, 0.25) is 0 Å². The van der Waals surface area contributed by atoms with E-state index >= 15 is 0 Å². The largest absolute Gasteiger partial charge is 0.468 e. The highest BCUT2D eigenvalue weighted by molar-refractivity contribution is 8.00. The average Bonchev–Trinajstić information content (AvgIpc) is 3.31. The predicted octanol–water partition coefficient (Wildman–Crippen LogP) is 3.79. The van der Waals surface area contributed by atoms with Gasteiger partial charge in [0.25, 0.3) is 0 Å². The fraction of sp³-hybridized carbons (Fsp3) is 0.368. The summed E-state index contributed by atoms with van der Waals surface area (Å²) in [5.74, 6) is 0.231. The number of carbonyl (C=O) groups is 1. The molecule has 1 aliphatic carbocycles. The summed E-state index contributed by atoms with van der Waals surface area (Å²) in [6.45, 7) is 4.11. The smallest absolute Gasteiger partial charge is 0.219 e. The van der Waals surface area contributed by atoms with E-state index in [-0.39, 0.29) is 17.0 Å². The number of allylic oxidation sites excluding steroid dienone is 3. The molecule has 1 atom stereocenters. The van der Waals surface area contributed by atoms with E-state index in [9.17, 15) is 10.1 Å². The summed E-state index contributed by atoms with van der Waals surface area (Å²) in [7, 11) is 0. The molecule has 1 aliphatic heterocycles. The first kappa shape index (κ1) is 18.8. The number of anilines is 1. The van der Waals surface area contributed by atoms with Crippen molar-refractivity contribution in [3.63, 3.8) is 0 Å². The number of nitriles is 1. The molecule has 3 heterocycles. The molecule has 2 aromatic rings. The zero-order valence-corrected chi connectivity index (χ0v) is 17.4. The van der Waals surface area contributed by atoms with Gasteiger partial charge < -0.3 is 10.2 Å². The fourth-order valence-electron chi connectivity index (χ4n) is 3.84. The van der Waals surface area contributed by atoms with Crippen LogP contribution >= 0.6 is 23.1 Å². The number of aromatic nitrogens is 2. The molecule has 0 fully saturated rings. The number of nitrogens with two attached hydrogens (primary N) is 1. The van der Waals surface area contributed by atoms with Crippen LogP contribution in [0.3, 0.4) is 0 Å². The molecule has 0 saturated carbocycles. The first-order chi connectivity index (χ1) is 13.4. The Morgan fingerprint density at radius 3 is 2.82 bits per heavy atom. The molecule has 4 rings (SSSR count). The van der Waals surface area contributed by atoms with Crippen molar-refractivity contribution in [3.05, 3.63) is 46.8 Å². The van der Waals surface area contributed by atoms with Crippen LogP contribution in [-0.2, 0) is 4.79 Å². The standard InChI is InChI=1S/C19H19N5O2S2/c1-19(2)7-11-15(12(25)8-19)14(13-5-4-6-26-13)10(9-20)16(21)24(11)17-22-23-18(27-3)28-17/h4-6,14H,7-8,21H2,1-3H3. The van der Waals surface area contributed by atoms with Gasteiger partial charge >= 0.3 is 0 Å². The van der Waals surface area contributed by atoms with E-state index in [4.69, 9.17) is 10.2 Å². The van der Waals surface area contributed by atoms with Crippen LogP contribution in [0.15, 0.2) is 49.8 Å². The van der Waals surface area contributed by atoms with Crippen LogP contribution in [-0.4, -0.2) is 22.2 Å². The summed E-state index contributed by atoms with van der Waals surface area (Å²) in [5.41, 5.74) is 7.90. The van der Waals surface area contributed by atoms with Crippen molar-refractivity contribution < 1.29 is 9.21 Å². The van der Waals surface area contributed by atoms with Gasteiger partial charge in [-0.3, -0.25) is 9.69 Å². The van der Waals surface area contributed by atoms with Crippen molar-refractivity contribution >= 4 is 34.0 Å². The maximum atomic E-state index is 13.2. The van der Waals surface area contributed by atoms with Gasteiger partial charge in [0.05, 0.1) is 23.8 Å². The van der Waals surface area contributed by atoms with Crippen LogP contribution in [0, 0.1) is 16.7 Å². The van der Waals surface area contributed by atoms with Crippen LogP contribution < -0.4 is 10.6 Å². The van der Waals surface area contributed by atoms with E-state index < -0.39 is 5.92 Å². The normalized spacial score (nSPS) is 21.7. The number of nitrogens with zero attached hydrogens (tertiary/aromatic N) is 4. The molecule has 0 aromatic carbocycles. The Morgan fingerprint density at radius 2 is 2.21 bits per heavy atom. The van der Waals surface area contributed by atoms with Gasteiger partial charge in [-0.05, 0) is 30.2 Å². The number of ketones is 1. The molecule has 144 valence electrons.